The maximum Gasteiger partial charge on any atom is 0.270 e. The summed E-state index contributed by atoms with van der Waals surface area (Å²) in [6.07, 6.45) is 2.25. The average Bonchev–Trinajstić information content (AvgIpc) is 2.42. The van der Waals surface area contributed by atoms with Gasteiger partial charge in [-0.25, -0.2) is 0 Å². The Morgan fingerprint density at radius 2 is 2.24 bits per heavy atom. The molecule has 0 spiro atoms. The molecule has 0 radical (unpaired) electrons. The molecule has 1 heterocycles. The van der Waals surface area contributed by atoms with Gasteiger partial charge in [0.2, 0.25) is 0 Å². The molecule has 5 nitrogen and oxygen atoms in total. The Hall–Kier alpha value is -0.880. The highest BCUT2D eigenvalue weighted by atomic mass is 35.5. The largest absolute Gasteiger partial charge is 0.329 e. The predicted molar refractivity (Wildman–Crippen MR) is 87.0 cm³/mol. The molecule has 21 heavy (non-hydrogen) atoms. The zero-order chi connectivity index (χ0) is 14.7. The van der Waals surface area contributed by atoms with Gasteiger partial charge in [0.15, 0.2) is 0 Å². The van der Waals surface area contributed by atoms with Gasteiger partial charge < -0.3 is 5.73 Å². The van der Waals surface area contributed by atoms with Crippen molar-refractivity contribution >= 4 is 29.7 Å². The first kappa shape index (κ1) is 18.2. The second kappa shape index (κ2) is 7.94. The molecule has 7 heteroatoms. The van der Waals surface area contributed by atoms with Crippen LogP contribution in [0.3, 0.4) is 0 Å². The highest BCUT2D eigenvalue weighted by Gasteiger charge is 2.25. The SMILES string of the molecule is CC1CCN(Cc2ccc([N+](=O)[O-])cc2Cl)C(CN)C1.Cl. The number of hydrogen-bond acceptors (Lipinski definition) is 4. The van der Waals surface area contributed by atoms with Crippen molar-refractivity contribution in [2.75, 3.05) is 13.1 Å². The summed E-state index contributed by atoms with van der Waals surface area (Å²) in [6, 6.07) is 5.03. The predicted octanol–water partition coefficient (Wildman–Crippen LogP) is 3.23. The van der Waals surface area contributed by atoms with Crippen molar-refractivity contribution < 1.29 is 4.92 Å². The van der Waals surface area contributed by atoms with Crippen LogP contribution in [0.1, 0.15) is 25.3 Å². The summed E-state index contributed by atoms with van der Waals surface area (Å²) in [6.45, 7) is 4.58. The lowest BCUT2D eigenvalue weighted by atomic mass is 9.92. The summed E-state index contributed by atoms with van der Waals surface area (Å²) < 4.78 is 0. The third kappa shape index (κ3) is 4.54. The molecular weight excluding hydrogens is 313 g/mol. The van der Waals surface area contributed by atoms with E-state index < -0.39 is 4.92 Å². The minimum atomic E-state index is -0.430. The van der Waals surface area contributed by atoms with Crippen LogP contribution in [0, 0.1) is 16.0 Å². The second-order valence-electron chi connectivity index (χ2n) is 5.52. The highest BCUT2D eigenvalue weighted by Crippen LogP contribution is 2.27. The van der Waals surface area contributed by atoms with E-state index in [9.17, 15) is 10.1 Å². The van der Waals surface area contributed by atoms with Gasteiger partial charge in [-0.1, -0.05) is 18.5 Å². The summed E-state index contributed by atoms with van der Waals surface area (Å²) in [5.74, 6) is 0.701. The number of benzene rings is 1. The molecular formula is C14H21Cl2N3O2. The van der Waals surface area contributed by atoms with Gasteiger partial charge in [-0.15, -0.1) is 12.4 Å². The zero-order valence-electron chi connectivity index (χ0n) is 12.0. The first-order valence-electron chi connectivity index (χ1n) is 6.88. The van der Waals surface area contributed by atoms with Gasteiger partial charge in [-0.05, 0) is 36.9 Å². The van der Waals surface area contributed by atoms with Crippen molar-refractivity contribution in [3.05, 3.63) is 38.9 Å². The van der Waals surface area contributed by atoms with Crippen LogP contribution in [-0.4, -0.2) is 29.0 Å². The third-order valence-corrected chi connectivity index (χ3v) is 4.34. The number of nitrogens with two attached hydrogens (primary N) is 1. The number of halogens is 2. The molecule has 1 aliphatic heterocycles. The molecule has 1 fully saturated rings. The van der Waals surface area contributed by atoms with Gasteiger partial charge in [0.25, 0.3) is 5.69 Å². The molecule has 2 rings (SSSR count). The third-order valence-electron chi connectivity index (χ3n) is 3.99. The highest BCUT2D eigenvalue weighted by molar-refractivity contribution is 6.31. The first-order chi connectivity index (χ1) is 9.51. The number of piperidine rings is 1. The Labute approximate surface area is 136 Å². The van der Waals surface area contributed by atoms with Gasteiger partial charge in [0.1, 0.15) is 0 Å². The summed E-state index contributed by atoms with van der Waals surface area (Å²) in [5, 5.41) is 11.2. The van der Waals surface area contributed by atoms with Crippen LogP contribution >= 0.6 is 24.0 Å². The Balaban J connectivity index is 0.00000220. The van der Waals surface area contributed by atoms with Gasteiger partial charge in [0.05, 0.1) is 9.95 Å². The van der Waals surface area contributed by atoms with Crippen LogP contribution in [0.25, 0.3) is 0 Å². The second-order valence-corrected chi connectivity index (χ2v) is 5.93. The minimum Gasteiger partial charge on any atom is -0.329 e. The first-order valence-corrected chi connectivity index (χ1v) is 7.26. The summed E-state index contributed by atoms with van der Waals surface area (Å²) in [4.78, 5) is 12.6. The molecule has 1 aromatic carbocycles. The lowest BCUT2D eigenvalue weighted by Crippen LogP contribution is -2.45. The van der Waals surface area contributed by atoms with Crippen LogP contribution in [0.5, 0.6) is 0 Å². The van der Waals surface area contributed by atoms with Gasteiger partial charge in [-0.3, -0.25) is 15.0 Å². The van der Waals surface area contributed by atoms with Crippen LogP contribution in [-0.2, 0) is 6.54 Å². The lowest BCUT2D eigenvalue weighted by Gasteiger charge is -2.38. The number of nitrogens with zero attached hydrogens (tertiary/aromatic N) is 2. The van der Waals surface area contributed by atoms with Crippen molar-refractivity contribution in [3.8, 4) is 0 Å². The van der Waals surface area contributed by atoms with Crippen LogP contribution in [0.2, 0.25) is 5.02 Å². The molecule has 1 aliphatic rings. The normalized spacial score (nSPS) is 22.6. The number of likely N-dealkylation sites (tertiary alicyclic amines) is 1. The maximum absolute atomic E-state index is 10.7. The van der Waals surface area contributed by atoms with E-state index >= 15 is 0 Å². The quantitative estimate of drug-likeness (QED) is 0.678. The number of nitro groups is 1. The fourth-order valence-electron chi connectivity index (χ4n) is 2.75. The molecule has 0 bridgehead atoms. The fraction of sp³-hybridized carbons (Fsp3) is 0.571. The smallest absolute Gasteiger partial charge is 0.270 e. The summed E-state index contributed by atoms with van der Waals surface area (Å²) in [5.41, 5.74) is 6.80. The lowest BCUT2D eigenvalue weighted by molar-refractivity contribution is -0.384. The fourth-order valence-corrected chi connectivity index (χ4v) is 2.98. The van der Waals surface area contributed by atoms with Gasteiger partial charge in [-0.2, -0.15) is 0 Å². The average molecular weight is 334 g/mol. The standard InChI is InChI=1S/C14H20ClN3O2.ClH/c1-10-4-5-17(13(6-10)8-16)9-11-2-3-12(18(19)20)7-14(11)15;/h2-3,7,10,13H,4-6,8-9,16H2,1H3;1H. The molecule has 2 unspecified atom stereocenters. The Kier molecular flexibility index (Phi) is 6.87. The minimum absolute atomic E-state index is 0. The molecule has 2 atom stereocenters. The summed E-state index contributed by atoms with van der Waals surface area (Å²) >= 11 is 6.15. The molecule has 0 aromatic heterocycles. The van der Waals surface area contributed by atoms with E-state index in [0.29, 0.717) is 30.1 Å². The van der Waals surface area contributed by atoms with Gasteiger partial charge >= 0.3 is 0 Å². The Bertz CT molecular complexity index is 499. The van der Waals surface area contributed by atoms with Gasteiger partial charge in [0, 0.05) is 31.3 Å². The van der Waals surface area contributed by atoms with E-state index in [2.05, 4.69) is 11.8 Å². The van der Waals surface area contributed by atoms with Crippen molar-refractivity contribution in [3.63, 3.8) is 0 Å². The molecule has 0 aliphatic carbocycles. The van der Waals surface area contributed by atoms with E-state index in [1.54, 1.807) is 6.07 Å². The zero-order valence-corrected chi connectivity index (χ0v) is 13.6. The Morgan fingerprint density at radius 3 is 2.81 bits per heavy atom. The number of non-ortho nitro benzene ring substituents is 1. The van der Waals surface area contributed by atoms with Crippen LogP contribution in [0.15, 0.2) is 18.2 Å². The monoisotopic (exact) mass is 333 g/mol. The van der Waals surface area contributed by atoms with E-state index in [4.69, 9.17) is 17.3 Å². The number of hydrogen-bond donors (Lipinski definition) is 1. The van der Waals surface area contributed by atoms with Crippen molar-refractivity contribution in [2.24, 2.45) is 11.7 Å². The van der Waals surface area contributed by atoms with Crippen molar-refractivity contribution in [1.29, 1.82) is 0 Å². The summed E-state index contributed by atoms with van der Waals surface area (Å²) in [7, 11) is 0. The van der Waals surface area contributed by atoms with Crippen molar-refractivity contribution in [1.82, 2.24) is 4.90 Å². The van der Waals surface area contributed by atoms with E-state index in [1.807, 2.05) is 0 Å². The molecule has 1 saturated heterocycles. The molecule has 1 aromatic rings. The Morgan fingerprint density at radius 1 is 1.52 bits per heavy atom. The van der Waals surface area contributed by atoms with E-state index in [-0.39, 0.29) is 18.1 Å². The molecule has 0 saturated carbocycles. The van der Waals surface area contributed by atoms with Crippen molar-refractivity contribution in [2.45, 2.75) is 32.4 Å². The number of rotatable bonds is 4. The maximum atomic E-state index is 10.7. The van der Waals surface area contributed by atoms with E-state index in [0.717, 1.165) is 24.9 Å². The number of nitro benzene ring substituents is 1. The molecule has 2 N–H and O–H groups in total. The van der Waals surface area contributed by atoms with Crippen LogP contribution in [0.4, 0.5) is 5.69 Å². The molecule has 0 amide bonds. The topological polar surface area (TPSA) is 72.4 Å². The van der Waals surface area contributed by atoms with Crippen LogP contribution < -0.4 is 5.73 Å². The molecule has 118 valence electrons. The van der Waals surface area contributed by atoms with E-state index in [1.165, 1.54) is 12.1 Å².